The Balaban J connectivity index is 1.04. The Morgan fingerprint density at radius 3 is 1.46 bits per heavy atom. The van der Waals surface area contributed by atoms with Crippen molar-refractivity contribution in [2.75, 3.05) is 4.90 Å². The fourth-order valence-corrected chi connectivity index (χ4v) is 11.4. The van der Waals surface area contributed by atoms with Crippen molar-refractivity contribution in [2.24, 2.45) is 0 Å². The lowest BCUT2D eigenvalue weighted by molar-refractivity contribution is 1.30. The molecule has 0 unspecified atom stereocenters. The average Bonchev–Trinajstić information content (AvgIpc) is 3.90. The number of thiophene rings is 3. The smallest absolute Gasteiger partial charge is 0.0640 e. The van der Waals surface area contributed by atoms with E-state index in [9.17, 15) is 0 Å². The summed E-state index contributed by atoms with van der Waals surface area (Å²) >= 11 is 5.63. The molecule has 0 saturated heterocycles. The minimum atomic E-state index is 1.14. The Morgan fingerprint density at radius 2 is 0.788 bits per heavy atom. The van der Waals surface area contributed by atoms with E-state index in [1.807, 2.05) is 34.0 Å². The molecule has 11 aromatic rings. The van der Waals surface area contributed by atoms with Crippen molar-refractivity contribution in [1.82, 2.24) is 0 Å². The summed E-state index contributed by atoms with van der Waals surface area (Å²) in [6.07, 6.45) is 0. The van der Waals surface area contributed by atoms with Gasteiger partial charge in [-0.2, -0.15) is 0 Å². The van der Waals surface area contributed by atoms with Crippen molar-refractivity contribution in [3.05, 3.63) is 176 Å². The molecule has 1 nitrogen and oxygen atoms in total. The first kappa shape index (κ1) is 29.9. The van der Waals surface area contributed by atoms with E-state index >= 15 is 0 Å². The van der Waals surface area contributed by atoms with Crippen molar-refractivity contribution in [2.45, 2.75) is 0 Å². The van der Waals surface area contributed by atoms with Gasteiger partial charge < -0.3 is 4.90 Å². The first-order valence-electron chi connectivity index (χ1n) is 17.5. The molecule has 244 valence electrons. The molecule has 0 radical (unpaired) electrons. The van der Waals surface area contributed by atoms with Gasteiger partial charge in [0, 0.05) is 67.2 Å². The van der Waals surface area contributed by atoms with Gasteiger partial charge in [-0.3, -0.25) is 0 Å². The highest BCUT2D eigenvalue weighted by molar-refractivity contribution is 7.27. The number of hydrogen-bond donors (Lipinski definition) is 0. The normalized spacial score (nSPS) is 11.8. The molecule has 8 aromatic carbocycles. The molecule has 3 aromatic heterocycles. The maximum Gasteiger partial charge on any atom is 0.0640 e. The molecular weight excluding hydrogens is 687 g/mol. The minimum absolute atomic E-state index is 1.14. The van der Waals surface area contributed by atoms with Crippen molar-refractivity contribution in [3.63, 3.8) is 0 Å². The lowest BCUT2D eigenvalue weighted by atomic mass is 10.0. The van der Waals surface area contributed by atoms with Gasteiger partial charge >= 0.3 is 0 Å². The second-order valence-electron chi connectivity index (χ2n) is 13.3. The summed E-state index contributed by atoms with van der Waals surface area (Å²) in [5.74, 6) is 0. The highest BCUT2D eigenvalue weighted by Gasteiger charge is 2.19. The number of benzene rings is 8. The Labute approximate surface area is 312 Å². The second kappa shape index (κ2) is 11.9. The van der Waals surface area contributed by atoms with Crippen LogP contribution in [-0.2, 0) is 0 Å². The van der Waals surface area contributed by atoms with Crippen molar-refractivity contribution in [3.8, 4) is 22.3 Å². The van der Waals surface area contributed by atoms with Gasteiger partial charge in [-0.25, -0.2) is 0 Å². The zero-order valence-corrected chi connectivity index (χ0v) is 30.4. The minimum Gasteiger partial charge on any atom is -0.309 e. The van der Waals surface area contributed by atoms with Gasteiger partial charge in [0.05, 0.1) is 10.4 Å². The van der Waals surface area contributed by atoms with Gasteiger partial charge in [0.2, 0.25) is 0 Å². The van der Waals surface area contributed by atoms with Crippen LogP contribution in [0.5, 0.6) is 0 Å². The summed E-state index contributed by atoms with van der Waals surface area (Å²) in [7, 11) is 0. The maximum absolute atomic E-state index is 2.43. The number of anilines is 3. The topological polar surface area (TPSA) is 3.24 Å². The van der Waals surface area contributed by atoms with E-state index in [1.54, 1.807) is 0 Å². The van der Waals surface area contributed by atoms with Gasteiger partial charge in [0.25, 0.3) is 0 Å². The summed E-state index contributed by atoms with van der Waals surface area (Å²) < 4.78 is 7.93. The predicted octanol–water partition coefficient (Wildman–Crippen LogP) is 15.6. The van der Waals surface area contributed by atoms with E-state index in [1.165, 1.54) is 88.5 Å². The molecular formula is C48H29NS3. The first-order chi connectivity index (χ1) is 25.8. The maximum atomic E-state index is 2.43. The Bertz CT molecular complexity index is 3130. The molecule has 4 heteroatoms. The van der Waals surface area contributed by atoms with Crippen molar-refractivity contribution in [1.29, 1.82) is 0 Å². The van der Waals surface area contributed by atoms with Crippen molar-refractivity contribution >= 4 is 112 Å². The van der Waals surface area contributed by atoms with Gasteiger partial charge in [0.15, 0.2) is 0 Å². The summed E-state index contributed by atoms with van der Waals surface area (Å²) in [6, 6.07) is 64.8. The summed E-state index contributed by atoms with van der Waals surface area (Å²) in [5, 5.41) is 7.92. The zero-order valence-electron chi connectivity index (χ0n) is 27.9. The molecule has 0 saturated carbocycles. The third-order valence-corrected chi connectivity index (χ3v) is 13.9. The second-order valence-corrected chi connectivity index (χ2v) is 16.5. The van der Waals surface area contributed by atoms with Crippen LogP contribution in [-0.4, -0.2) is 0 Å². The Hall–Kier alpha value is -5.78. The quantitative estimate of drug-likeness (QED) is 0.171. The molecule has 0 spiro atoms. The van der Waals surface area contributed by atoms with Gasteiger partial charge in [-0.15, -0.1) is 34.0 Å². The van der Waals surface area contributed by atoms with Crippen LogP contribution < -0.4 is 4.90 Å². The van der Waals surface area contributed by atoms with Crippen LogP contribution in [0.3, 0.4) is 0 Å². The molecule has 0 aliphatic rings. The molecule has 52 heavy (non-hydrogen) atoms. The van der Waals surface area contributed by atoms with Crippen LogP contribution in [0.2, 0.25) is 0 Å². The monoisotopic (exact) mass is 715 g/mol. The molecule has 11 rings (SSSR count). The molecule has 0 N–H and O–H groups in total. The molecule has 0 aliphatic heterocycles. The SMILES string of the molecule is c1ccc2c(c1)sc1cc(-c3ccc(N(c4ccc(-c5cccc6c5sc5ccccc56)cc4)c4cccc5c4sc4ccccc45)cc3)ccc12. The summed E-state index contributed by atoms with van der Waals surface area (Å²) in [4.78, 5) is 2.43. The highest BCUT2D eigenvalue weighted by atomic mass is 32.1. The van der Waals surface area contributed by atoms with E-state index in [0.29, 0.717) is 0 Å². The number of nitrogens with zero attached hydrogens (tertiary/aromatic N) is 1. The van der Waals surface area contributed by atoms with Crippen LogP contribution in [0.25, 0.3) is 82.8 Å². The number of hydrogen-bond acceptors (Lipinski definition) is 4. The van der Waals surface area contributed by atoms with E-state index in [4.69, 9.17) is 0 Å². The predicted molar refractivity (Wildman–Crippen MR) is 231 cm³/mol. The molecule has 0 fully saturated rings. The van der Waals surface area contributed by atoms with Crippen LogP contribution in [0.1, 0.15) is 0 Å². The van der Waals surface area contributed by atoms with Gasteiger partial charge in [0.1, 0.15) is 0 Å². The third-order valence-electron chi connectivity index (χ3n) is 10.3. The first-order valence-corrected chi connectivity index (χ1v) is 19.9. The standard InChI is InChI=1S/C48H29NS3/c1-4-16-43-36(9-1)39-28-23-32(29-46(39)50-43)30-19-24-33(25-20-30)49(42-15-8-14-41-38-11-3-6-18-45(38)52-48(41)42)34-26-21-31(22-27-34)35-12-7-13-40-37-10-2-5-17-44(37)51-47(35)40/h1-29H. The highest BCUT2D eigenvalue weighted by Crippen LogP contribution is 2.46. The fourth-order valence-electron chi connectivity index (χ4n) is 7.81. The van der Waals surface area contributed by atoms with Crippen LogP contribution in [0.4, 0.5) is 17.1 Å². The van der Waals surface area contributed by atoms with Crippen LogP contribution in [0, 0.1) is 0 Å². The third kappa shape index (κ3) is 4.72. The van der Waals surface area contributed by atoms with E-state index < -0.39 is 0 Å². The van der Waals surface area contributed by atoms with Gasteiger partial charge in [-0.1, -0.05) is 121 Å². The fraction of sp³-hybridized carbons (Fsp3) is 0. The lowest BCUT2D eigenvalue weighted by Crippen LogP contribution is -2.10. The summed E-state index contributed by atoms with van der Waals surface area (Å²) in [6.45, 7) is 0. The van der Waals surface area contributed by atoms with Gasteiger partial charge in [-0.05, 0) is 76.9 Å². The van der Waals surface area contributed by atoms with Crippen molar-refractivity contribution < 1.29 is 0 Å². The molecule has 0 atom stereocenters. The lowest BCUT2D eigenvalue weighted by Gasteiger charge is -2.26. The van der Waals surface area contributed by atoms with E-state index in [2.05, 4.69) is 181 Å². The van der Waals surface area contributed by atoms with Crippen LogP contribution >= 0.6 is 34.0 Å². The van der Waals surface area contributed by atoms with Crippen LogP contribution in [0.15, 0.2) is 176 Å². The summed E-state index contributed by atoms with van der Waals surface area (Å²) in [5.41, 5.74) is 8.43. The molecule has 0 aliphatic carbocycles. The Kier molecular flexibility index (Phi) is 6.84. The number of fused-ring (bicyclic) bond motifs is 9. The van der Waals surface area contributed by atoms with E-state index in [-0.39, 0.29) is 0 Å². The number of rotatable bonds is 5. The zero-order chi connectivity index (χ0) is 34.2. The molecule has 3 heterocycles. The average molecular weight is 716 g/mol. The van der Waals surface area contributed by atoms with E-state index in [0.717, 1.165) is 11.4 Å². The molecule has 0 amide bonds. The molecule has 0 bridgehead atoms. The Morgan fingerprint density at radius 1 is 0.308 bits per heavy atom. The largest absolute Gasteiger partial charge is 0.309 e.